The highest BCUT2D eigenvalue weighted by atomic mass is 16.2. The minimum absolute atomic E-state index is 0.0562. The highest BCUT2D eigenvalue weighted by molar-refractivity contribution is 5.84. The maximum absolute atomic E-state index is 12.4. The molecule has 0 aromatic heterocycles. The third-order valence-corrected chi connectivity index (χ3v) is 4.56. The Morgan fingerprint density at radius 2 is 2.05 bits per heavy atom. The normalized spacial score (nSPS) is 30.3. The van der Waals surface area contributed by atoms with Crippen molar-refractivity contribution in [3.05, 3.63) is 0 Å². The molecule has 2 aliphatic heterocycles. The van der Waals surface area contributed by atoms with Crippen molar-refractivity contribution in [1.82, 2.24) is 15.1 Å². The van der Waals surface area contributed by atoms with Gasteiger partial charge in [0.25, 0.3) is 0 Å². The first-order valence-electron chi connectivity index (χ1n) is 7.94. The molecule has 3 unspecified atom stereocenters. The summed E-state index contributed by atoms with van der Waals surface area (Å²) in [6, 6.07) is 0.543. The Balaban J connectivity index is 1.86. The van der Waals surface area contributed by atoms with Crippen LogP contribution in [0.1, 0.15) is 52.9 Å². The predicted molar refractivity (Wildman–Crippen MR) is 77.9 cm³/mol. The average molecular weight is 267 g/mol. The first-order valence-corrected chi connectivity index (χ1v) is 7.94. The summed E-state index contributed by atoms with van der Waals surface area (Å²) in [4.78, 5) is 17.0. The van der Waals surface area contributed by atoms with Crippen molar-refractivity contribution in [2.24, 2.45) is 0 Å². The minimum atomic E-state index is 0.0562. The molecule has 0 radical (unpaired) electrons. The van der Waals surface area contributed by atoms with Gasteiger partial charge in [-0.25, -0.2) is 0 Å². The van der Waals surface area contributed by atoms with E-state index in [0.717, 1.165) is 25.8 Å². The van der Waals surface area contributed by atoms with Crippen LogP contribution in [-0.2, 0) is 4.79 Å². The minimum Gasteiger partial charge on any atom is -0.325 e. The lowest BCUT2D eigenvalue weighted by Crippen LogP contribution is -2.45. The Morgan fingerprint density at radius 3 is 2.68 bits per heavy atom. The van der Waals surface area contributed by atoms with Crippen LogP contribution in [0.2, 0.25) is 0 Å². The van der Waals surface area contributed by atoms with E-state index >= 15 is 0 Å². The number of likely N-dealkylation sites (tertiary alicyclic amines) is 1. The summed E-state index contributed by atoms with van der Waals surface area (Å²) in [7, 11) is 0. The van der Waals surface area contributed by atoms with Crippen molar-refractivity contribution in [3.8, 4) is 0 Å². The van der Waals surface area contributed by atoms with Gasteiger partial charge in [0.2, 0.25) is 5.91 Å². The number of nitrogens with one attached hydrogen (secondary N) is 1. The van der Waals surface area contributed by atoms with Crippen molar-refractivity contribution >= 4 is 5.91 Å². The Labute approximate surface area is 117 Å². The third-order valence-electron chi connectivity index (χ3n) is 4.56. The van der Waals surface area contributed by atoms with Crippen molar-refractivity contribution in [2.45, 2.75) is 71.1 Å². The number of carbonyl (C=O) groups excluding carboxylic acids is 1. The van der Waals surface area contributed by atoms with Gasteiger partial charge in [0.15, 0.2) is 0 Å². The predicted octanol–water partition coefficient (Wildman–Crippen LogP) is 1.81. The van der Waals surface area contributed by atoms with Crippen LogP contribution >= 0.6 is 0 Å². The van der Waals surface area contributed by atoms with E-state index in [1.807, 2.05) is 4.90 Å². The molecule has 2 saturated heterocycles. The molecular formula is C15H29N3O. The van der Waals surface area contributed by atoms with Gasteiger partial charge in [-0.05, 0) is 46.2 Å². The monoisotopic (exact) mass is 267 g/mol. The summed E-state index contributed by atoms with van der Waals surface area (Å²) < 4.78 is 0. The second-order valence-corrected chi connectivity index (χ2v) is 6.12. The molecule has 2 aliphatic rings. The molecule has 4 nitrogen and oxygen atoms in total. The lowest BCUT2D eigenvalue weighted by Gasteiger charge is -2.30. The zero-order valence-corrected chi connectivity index (χ0v) is 12.7. The zero-order valence-electron chi connectivity index (χ0n) is 12.7. The molecule has 0 aliphatic carbocycles. The van der Waals surface area contributed by atoms with Crippen LogP contribution in [0.3, 0.4) is 0 Å². The molecule has 4 heteroatoms. The van der Waals surface area contributed by atoms with E-state index in [1.54, 1.807) is 0 Å². The molecule has 1 N–H and O–H groups in total. The smallest absolute Gasteiger partial charge is 0.241 e. The molecule has 19 heavy (non-hydrogen) atoms. The molecule has 1 amide bonds. The summed E-state index contributed by atoms with van der Waals surface area (Å²) in [6.07, 6.45) is 6.08. The molecule has 110 valence electrons. The van der Waals surface area contributed by atoms with E-state index in [9.17, 15) is 4.79 Å². The van der Waals surface area contributed by atoms with Crippen LogP contribution in [0.15, 0.2) is 0 Å². The van der Waals surface area contributed by atoms with Gasteiger partial charge >= 0.3 is 0 Å². The number of hydrogen-bond acceptors (Lipinski definition) is 3. The number of nitrogens with zero attached hydrogens (tertiary/aromatic N) is 2. The molecule has 0 spiro atoms. The number of unbranched alkanes of at least 4 members (excludes halogenated alkanes) is 1. The summed E-state index contributed by atoms with van der Waals surface area (Å²) in [5.74, 6) is 0.312. The van der Waals surface area contributed by atoms with Crippen LogP contribution in [0, 0.1) is 0 Å². The summed E-state index contributed by atoms with van der Waals surface area (Å²) in [5, 5.41) is 3.44. The van der Waals surface area contributed by atoms with Gasteiger partial charge in [0.1, 0.15) is 0 Å². The summed E-state index contributed by atoms with van der Waals surface area (Å²) in [5.41, 5.74) is 0. The van der Waals surface area contributed by atoms with Crippen molar-refractivity contribution in [2.75, 3.05) is 19.6 Å². The first-order chi connectivity index (χ1) is 9.13. The zero-order chi connectivity index (χ0) is 13.8. The van der Waals surface area contributed by atoms with Crippen LogP contribution < -0.4 is 5.32 Å². The molecule has 2 rings (SSSR count). The van der Waals surface area contributed by atoms with Gasteiger partial charge in [0.05, 0.1) is 12.2 Å². The second kappa shape index (κ2) is 6.71. The lowest BCUT2D eigenvalue weighted by atomic mass is 10.1. The molecule has 2 fully saturated rings. The van der Waals surface area contributed by atoms with Gasteiger partial charge in [-0.15, -0.1) is 0 Å². The number of amides is 1. The third kappa shape index (κ3) is 3.48. The van der Waals surface area contributed by atoms with Crippen LogP contribution in [0.25, 0.3) is 0 Å². The van der Waals surface area contributed by atoms with Crippen LogP contribution in [0.5, 0.6) is 0 Å². The summed E-state index contributed by atoms with van der Waals surface area (Å²) in [6.45, 7) is 9.81. The SMILES string of the molecule is CCCCC1NC(C)N(CC(C)N2CCCC2)C1=O. The lowest BCUT2D eigenvalue weighted by molar-refractivity contribution is -0.130. The summed E-state index contributed by atoms with van der Waals surface area (Å²) >= 11 is 0. The van der Waals surface area contributed by atoms with Gasteiger partial charge in [-0.2, -0.15) is 0 Å². The fourth-order valence-electron chi connectivity index (χ4n) is 3.29. The quantitative estimate of drug-likeness (QED) is 0.797. The largest absolute Gasteiger partial charge is 0.325 e. The van der Waals surface area contributed by atoms with Crippen molar-refractivity contribution in [1.29, 1.82) is 0 Å². The molecule has 0 bridgehead atoms. The van der Waals surface area contributed by atoms with Crippen LogP contribution in [0.4, 0.5) is 0 Å². The number of rotatable bonds is 6. The number of carbonyl (C=O) groups is 1. The van der Waals surface area contributed by atoms with Crippen molar-refractivity contribution in [3.63, 3.8) is 0 Å². The number of hydrogen-bond donors (Lipinski definition) is 1. The van der Waals surface area contributed by atoms with E-state index in [0.29, 0.717) is 11.9 Å². The standard InChI is InChI=1S/C15H29N3O/c1-4-5-8-14-15(19)18(13(3)16-14)11-12(2)17-9-6-7-10-17/h12-14,16H,4-11H2,1-3H3. The fourth-order valence-corrected chi connectivity index (χ4v) is 3.29. The van der Waals surface area contributed by atoms with E-state index in [1.165, 1.54) is 25.9 Å². The Hall–Kier alpha value is -0.610. The van der Waals surface area contributed by atoms with Crippen molar-refractivity contribution < 1.29 is 4.79 Å². The molecule has 2 heterocycles. The van der Waals surface area contributed by atoms with Crippen LogP contribution in [-0.4, -0.2) is 53.6 Å². The molecule has 0 saturated carbocycles. The van der Waals surface area contributed by atoms with E-state index in [2.05, 4.69) is 31.0 Å². The highest BCUT2D eigenvalue weighted by Crippen LogP contribution is 2.18. The molecule has 0 aromatic carbocycles. The fraction of sp³-hybridized carbons (Fsp3) is 0.933. The molecule has 3 atom stereocenters. The van der Waals surface area contributed by atoms with Gasteiger partial charge in [0, 0.05) is 12.6 Å². The topological polar surface area (TPSA) is 35.6 Å². The maximum Gasteiger partial charge on any atom is 0.241 e. The van der Waals surface area contributed by atoms with Gasteiger partial charge < -0.3 is 4.90 Å². The van der Waals surface area contributed by atoms with E-state index in [4.69, 9.17) is 0 Å². The average Bonchev–Trinajstić information content (AvgIpc) is 3.00. The Morgan fingerprint density at radius 1 is 1.37 bits per heavy atom. The van der Waals surface area contributed by atoms with Gasteiger partial charge in [-0.1, -0.05) is 19.8 Å². The molecular weight excluding hydrogens is 238 g/mol. The Kier molecular flexibility index (Phi) is 5.22. The van der Waals surface area contributed by atoms with Gasteiger partial charge in [-0.3, -0.25) is 15.0 Å². The van der Waals surface area contributed by atoms with E-state index in [-0.39, 0.29) is 12.2 Å². The highest BCUT2D eigenvalue weighted by Gasteiger charge is 2.37. The second-order valence-electron chi connectivity index (χ2n) is 6.12. The first kappa shape index (κ1) is 14.8. The molecule has 0 aromatic rings. The van der Waals surface area contributed by atoms with E-state index < -0.39 is 0 Å². The maximum atomic E-state index is 12.4. The Bertz CT molecular complexity index is 302.